The van der Waals surface area contributed by atoms with E-state index in [1.807, 2.05) is 11.8 Å². The Labute approximate surface area is 109 Å². The van der Waals surface area contributed by atoms with Crippen molar-refractivity contribution in [3.8, 4) is 0 Å². The first-order valence-corrected chi connectivity index (χ1v) is 7.79. The van der Waals surface area contributed by atoms with E-state index in [1.54, 1.807) is 0 Å². The summed E-state index contributed by atoms with van der Waals surface area (Å²) in [4.78, 5) is 4.79. The molecule has 4 heteroatoms. The van der Waals surface area contributed by atoms with Crippen LogP contribution in [0.5, 0.6) is 0 Å². The van der Waals surface area contributed by atoms with Gasteiger partial charge in [-0.15, -0.1) is 0 Å². The Balaban J connectivity index is 1.85. The Morgan fingerprint density at radius 3 is 2.94 bits per heavy atom. The lowest BCUT2D eigenvalue weighted by Crippen LogP contribution is -2.48. The first-order valence-electron chi connectivity index (χ1n) is 6.81. The normalized spacial score (nSPS) is 27.3. The van der Waals surface area contributed by atoms with Crippen LogP contribution in [-0.4, -0.2) is 35.7 Å². The topological polar surface area (TPSA) is 33.6 Å². The van der Waals surface area contributed by atoms with Crippen LogP contribution in [-0.2, 0) is 4.74 Å². The summed E-state index contributed by atoms with van der Waals surface area (Å²) in [6.45, 7) is 6.25. The van der Waals surface area contributed by atoms with Gasteiger partial charge in [0.05, 0.1) is 5.54 Å². The van der Waals surface area contributed by atoms with E-state index in [-0.39, 0.29) is 5.54 Å². The highest BCUT2D eigenvalue weighted by atomic mass is 32.2. The number of nitrogens with one attached hydrogen (secondary N) is 1. The Morgan fingerprint density at radius 2 is 2.24 bits per heavy atom. The average molecular weight is 256 g/mol. The monoisotopic (exact) mass is 256 g/mol. The molecule has 2 aliphatic rings. The van der Waals surface area contributed by atoms with Crippen LogP contribution in [0.15, 0.2) is 4.99 Å². The van der Waals surface area contributed by atoms with Crippen LogP contribution in [0.4, 0.5) is 0 Å². The molecule has 2 fully saturated rings. The van der Waals surface area contributed by atoms with Gasteiger partial charge < -0.3 is 10.1 Å². The van der Waals surface area contributed by atoms with Crippen molar-refractivity contribution in [3.05, 3.63) is 0 Å². The van der Waals surface area contributed by atoms with E-state index in [4.69, 9.17) is 9.73 Å². The second-order valence-electron chi connectivity index (χ2n) is 5.23. The quantitative estimate of drug-likeness (QED) is 0.840. The molecule has 3 nitrogen and oxygen atoms in total. The molecule has 2 aliphatic heterocycles. The maximum Gasteiger partial charge on any atom is 0.157 e. The fraction of sp³-hybridized carbons (Fsp3) is 0.923. The third-order valence-electron chi connectivity index (χ3n) is 3.62. The summed E-state index contributed by atoms with van der Waals surface area (Å²) in [5, 5.41) is 4.81. The van der Waals surface area contributed by atoms with E-state index in [9.17, 15) is 0 Å². The van der Waals surface area contributed by atoms with Gasteiger partial charge in [0.1, 0.15) is 0 Å². The molecule has 1 atom stereocenters. The number of aliphatic imine (C=N–C) groups is 1. The molecular weight excluding hydrogens is 232 g/mol. The Bertz CT molecular complexity index is 275. The minimum Gasteiger partial charge on any atom is -0.381 e. The molecule has 0 amide bonds. The van der Waals surface area contributed by atoms with Gasteiger partial charge in [-0.3, -0.25) is 4.99 Å². The van der Waals surface area contributed by atoms with E-state index in [0.717, 1.165) is 37.0 Å². The molecule has 1 spiro atoms. The van der Waals surface area contributed by atoms with E-state index in [0.29, 0.717) is 6.04 Å². The number of thioether (sulfide) groups is 1. The molecule has 0 saturated carbocycles. The number of amidine groups is 1. The molecule has 1 N–H and O–H groups in total. The van der Waals surface area contributed by atoms with E-state index in [1.165, 1.54) is 19.3 Å². The molecular formula is C13H24N2OS. The van der Waals surface area contributed by atoms with Crippen molar-refractivity contribution < 1.29 is 4.74 Å². The van der Waals surface area contributed by atoms with Crippen molar-refractivity contribution >= 4 is 16.9 Å². The SMILES string of the molecule is CCCCC(C)N=C1NC2(CCOCC2)CS1. The molecule has 17 heavy (non-hydrogen) atoms. The maximum absolute atomic E-state index is 5.44. The van der Waals surface area contributed by atoms with Crippen LogP contribution >= 0.6 is 11.8 Å². The van der Waals surface area contributed by atoms with Crippen LogP contribution in [0.2, 0.25) is 0 Å². The van der Waals surface area contributed by atoms with Crippen molar-refractivity contribution in [2.75, 3.05) is 19.0 Å². The van der Waals surface area contributed by atoms with Gasteiger partial charge >= 0.3 is 0 Å². The molecule has 0 radical (unpaired) electrons. The molecule has 0 aromatic heterocycles. The Kier molecular flexibility index (Phi) is 4.74. The molecule has 2 saturated heterocycles. The molecule has 2 heterocycles. The summed E-state index contributed by atoms with van der Waals surface area (Å²) >= 11 is 1.89. The minimum atomic E-state index is 0.284. The Morgan fingerprint density at radius 1 is 1.47 bits per heavy atom. The van der Waals surface area contributed by atoms with E-state index < -0.39 is 0 Å². The highest BCUT2D eigenvalue weighted by Crippen LogP contribution is 2.32. The zero-order valence-corrected chi connectivity index (χ0v) is 11.8. The largest absolute Gasteiger partial charge is 0.381 e. The lowest BCUT2D eigenvalue weighted by Gasteiger charge is -2.32. The van der Waals surface area contributed by atoms with Crippen molar-refractivity contribution in [3.63, 3.8) is 0 Å². The van der Waals surface area contributed by atoms with Crippen LogP contribution < -0.4 is 5.32 Å². The number of ether oxygens (including phenoxy) is 1. The Hall–Kier alpha value is -0.220. The lowest BCUT2D eigenvalue weighted by atomic mass is 9.93. The highest BCUT2D eigenvalue weighted by molar-refractivity contribution is 8.14. The molecule has 98 valence electrons. The van der Waals surface area contributed by atoms with E-state index in [2.05, 4.69) is 19.2 Å². The summed E-state index contributed by atoms with van der Waals surface area (Å²) < 4.78 is 5.44. The predicted octanol–water partition coefficient (Wildman–Crippen LogP) is 2.81. The van der Waals surface area contributed by atoms with Gasteiger partial charge in [0.25, 0.3) is 0 Å². The second-order valence-corrected chi connectivity index (χ2v) is 6.20. The number of nitrogens with zero attached hydrogens (tertiary/aromatic N) is 1. The molecule has 0 aromatic rings. The zero-order chi connectivity index (χ0) is 12.1. The summed E-state index contributed by atoms with van der Waals surface area (Å²) in [5.74, 6) is 1.16. The minimum absolute atomic E-state index is 0.284. The molecule has 1 unspecified atom stereocenters. The standard InChI is InChI=1S/C13H24N2OS/c1-3-4-5-11(2)14-12-15-13(10-17-12)6-8-16-9-7-13/h11H,3-10H2,1-2H3,(H,14,15). The van der Waals surface area contributed by atoms with Crippen LogP contribution in [0, 0.1) is 0 Å². The number of rotatable bonds is 4. The van der Waals surface area contributed by atoms with Crippen molar-refractivity contribution in [2.24, 2.45) is 4.99 Å². The van der Waals surface area contributed by atoms with Gasteiger partial charge in [0.15, 0.2) is 5.17 Å². The fourth-order valence-electron chi connectivity index (χ4n) is 2.37. The summed E-state index contributed by atoms with van der Waals surface area (Å²) in [5.41, 5.74) is 0.284. The van der Waals surface area contributed by atoms with Gasteiger partial charge in [-0.2, -0.15) is 0 Å². The van der Waals surface area contributed by atoms with Gasteiger partial charge in [-0.1, -0.05) is 31.5 Å². The zero-order valence-electron chi connectivity index (χ0n) is 11.0. The van der Waals surface area contributed by atoms with Gasteiger partial charge in [0, 0.05) is 25.0 Å². The highest BCUT2D eigenvalue weighted by Gasteiger charge is 2.38. The smallest absolute Gasteiger partial charge is 0.157 e. The number of hydrogen-bond donors (Lipinski definition) is 1. The second kappa shape index (κ2) is 6.10. The predicted molar refractivity (Wildman–Crippen MR) is 74.8 cm³/mol. The third-order valence-corrected chi connectivity index (χ3v) is 4.80. The van der Waals surface area contributed by atoms with Gasteiger partial charge in [0.2, 0.25) is 0 Å². The molecule has 2 rings (SSSR count). The maximum atomic E-state index is 5.44. The third kappa shape index (κ3) is 3.62. The van der Waals surface area contributed by atoms with Crippen LogP contribution in [0.3, 0.4) is 0 Å². The molecule has 0 bridgehead atoms. The molecule has 0 aliphatic carbocycles. The summed E-state index contributed by atoms with van der Waals surface area (Å²) in [6.07, 6.45) is 6.00. The first-order chi connectivity index (χ1) is 8.24. The fourth-order valence-corrected chi connectivity index (χ4v) is 3.69. The number of unbranched alkanes of at least 4 members (excludes halogenated alkanes) is 1. The van der Waals surface area contributed by atoms with Gasteiger partial charge in [-0.05, 0) is 26.2 Å². The van der Waals surface area contributed by atoms with Crippen molar-refractivity contribution in [2.45, 2.75) is 57.5 Å². The van der Waals surface area contributed by atoms with Gasteiger partial charge in [-0.25, -0.2) is 0 Å². The first kappa shape index (κ1) is 13.2. The van der Waals surface area contributed by atoms with Crippen LogP contribution in [0.25, 0.3) is 0 Å². The lowest BCUT2D eigenvalue weighted by molar-refractivity contribution is 0.0555. The molecule has 0 aromatic carbocycles. The number of hydrogen-bond acceptors (Lipinski definition) is 3. The summed E-state index contributed by atoms with van der Waals surface area (Å²) in [7, 11) is 0. The average Bonchev–Trinajstić information content (AvgIpc) is 2.70. The van der Waals surface area contributed by atoms with Crippen LogP contribution in [0.1, 0.15) is 46.0 Å². The van der Waals surface area contributed by atoms with Crippen molar-refractivity contribution in [1.82, 2.24) is 5.32 Å². The summed E-state index contributed by atoms with van der Waals surface area (Å²) in [6, 6.07) is 0.458. The van der Waals surface area contributed by atoms with Crippen molar-refractivity contribution in [1.29, 1.82) is 0 Å². The van der Waals surface area contributed by atoms with E-state index >= 15 is 0 Å².